The van der Waals surface area contributed by atoms with Gasteiger partial charge in [-0.2, -0.15) is 0 Å². The molecule has 0 bridgehead atoms. The van der Waals surface area contributed by atoms with Crippen LogP contribution in [-0.4, -0.2) is 14.2 Å². The van der Waals surface area contributed by atoms with Gasteiger partial charge in [0, 0.05) is 0 Å². The second-order valence-electron chi connectivity index (χ2n) is 3.06. The van der Waals surface area contributed by atoms with E-state index in [1.54, 1.807) is 0 Å². The first-order chi connectivity index (χ1) is 4.99. The first-order valence-corrected chi connectivity index (χ1v) is 5.76. The summed E-state index contributed by atoms with van der Waals surface area (Å²) in [6, 6.07) is 0. The molecular formula is C8H12SV2. The summed E-state index contributed by atoms with van der Waals surface area (Å²) in [6.07, 6.45) is 2.11. The van der Waals surface area contributed by atoms with Gasteiger partial charge in [-0.25, -0.2) is 0 Å². The van der Waals surface area contributed by atoms with E-state index in [4.69, 9.17) is 0 Å². The van der Waals surface area contributed by atoms with Crippen molar-refractivity contribution in [1.82, 2.24) is 0 Å². The van der Waals surface area contributed by atoms with E-state index in [1.807, 2.05) is 16.5 Å². The predicted molar refractivity (Wildman–Crippen MR) is 47.6 cm³/mol. The van der Waals surface area contributed by atoms with Crippen LogP contribution in [0.1, 0.15) is 20.8 Å². The monoisotopic (exact) mass is 242 g/mol. The molecule has 0 amide bonds. The maximum atomic E-state index is 2.49. The zero-order valence-electron chi connectivity index (χ0n) is 7.03. The summed E-state index contributed by atoms with van der Waals surface area (Å²) in [5.41, 5.74) is 0. The Bertz CT molecular complexity index is 177. The molecule has 0 aromatic carbocycles. The van der Waals surface area contributed by atoms with E-state index in [2.05, 4.69) is 65.5 Å². The van der Waals surface area contributed by atoms with Gasteiger partial charge in [0.25, 0.3) is 0 Å². The summed E-state index contributed by atoms with van der Waals surface area (Å²) in [4.78, 5) is 1.30. The molecule has 0 heterocycles. The molecule has 0 spiro atoms. The van der Waals surface area contributed by atoms with Crippen molar-refractivity contribution in [2.75, 3.05) is 0 Å². The van der Waals surface area contributed by atoms with Crippen molar-refractivity contribution in [1.29, 1.82) is 0 Å². The number of hydrogen-bond acceptors (Lipinski definition) is 1. The Morgan fingerprint density at radius 3 is 2.09 bits per heavy atom. The van der Waals surface area contributed by atoms with E-state index in [-0.39, 0.29) is 0 Å². The van der Waals surface area contributed by atoms with Crippen molar-refractivity contribution in [2.45, 2.75) is 25.5 Å². The Balaban J connectivity index is 4.20. The summed E-state index contributed by atoms with van der Waals surface area (Å²) in [6.45, 7) is 6.64. The Kier molecular flexibility index (Phi) is 6.12. The van der Waals surface area contributed by atoms with Crippen molar-refractivity contribution in [3.8, 4) is 0 Å². The van der Waals surface area contributed by atoms with Crippen LogP contribution in [0.5, 0.6) is 0 Å². The summed E-state index contributed by atoms with van der Waals surface area (Å²) < 4.78 is 4.39. The number of hydrogen-bond donors (Lipinski definition) is 0. The summed E-state index contributed by atoms with van der Waals surface area (Å²) in [5, 5.41) is 0. The Morgan fingerprint density at radius 2 is 1.82 bits per heavy atom. The van der Waals surface area contributed by atoms with Gasteiger partial charge < -0.3 is 0 Å². The van der Waals surface area contributed by atoms with Gasteiger partial charge >= 0.3 is 91.7 Å². The fourth-order valence-corrected chi connectivity index (χ4v) is 2.22. The standard InChI is InChI=1S/C8H12S.2V/c1-6-7(2)9-8(3,4)5;;/h1-2,6H,3-5H3;;/b7-6+;;. The van der Waals surface area contributed by atoms with Crippen LogP contribution in [0.4, 0.5) is 0 Å². The van der Waals surface area contributed by atoms with Crippen LogP contribution >= 0.6 is 11.8 Å². The predicted octanol–water partition coefficient (Wildman–Crippen LogP) is 2.10. The Morgan fingerprint density at radius 1 is 1.27 bits per heavy atom. The van der Waals surface area contributed by atoms with Gasteiger partial charge in [-0.1, -0.05) is 0 Å². The Labute approximate surface area is 91.2 Å². The molecule has 0 aliphatic heterocycles. The molecule has 0 aromatic heterocycles. The average molecular weight is 242 g/mol. The minimum atomic E-state index is 0.304. The molecule has 0 aliphatic carbocycles. The van der Waals surface area contributed by atoms with Crippen LogP contribution in [0.3, 0.4) is 0 Å². The molecule has 0 rings (SSSR count). The minimum absolute atomic E-state index is 0.304. The van der Waals surface area contributed by atoms with Gasteiger partial charge in [0.1, 0.15) is 0 Å². The van der Waals surface area contributed by atoms with Crippen molar-refractivity contribution in [2.24, 2.45) is 0 Å². The van der Waals surface area contributed by atoms with Crippen LogP contribution < -0.4 is 0 Å². The average Bonchev–Trinajstić information content (AvgIpc) is 1.84. The molecule has 0 N–H and O–H groups in total. The molecule has 0 nitrogen and oxygen atoms in total. The van der Waals surface area contributed by atoms with E-state index < -0.39 is 0 Å². The number of thioether (sulfide) groups is 1. The van der Waals surface area contributed by atoms with Crippen LogP contribution in [0.15, 0.2) is 11.0 Å². The van der Waals surface area contributed by atoms with Crippen molar-refractivity contribution in [3.05, 3.63) is 11.0 Å². The molecule has 0 fully saturated rings. The molecule has 0 saturated carbocycles. The van der Waals surface area contributed by atoms with Crippen molar-refractivity contribution < 1.29 is 34.0 Å². The molecule has 11 heavy (non-hydrogen) atoms. The number of rotatable bonds is 3. The molecule has 0 aromatic rings. The van der Waals surface area contributed by atoms with Gasteiger partial charge in [-0.05, 0) is 0 Å². The molecule has 3 heteroatoms. The number of allylic oxidation sites excluding steroid dienone is 2. The molecule has 0 atom stereocenters. The zero-order chi connectivity index (χ0) is 8.91. The maximum absolute atomic E-state index is 2.49. The fourth-order valence-electron chi connectivity index (χ4n) is 0.530. The molecular weight excluding hydrogens is 230 g/mol. The normalized spacial score (nSPS) is 12.6. The van der Waals surface area contributed by atoms with E-state index in [0.29, 0.717) is 4.75 Å². The first kappa shape index (κ1) is 12.0. The molecule has 0 radical (unpaired) electrons. The topological polar surface area (TPSA) is 0 Å². The summed E-state index contributed by atoms with van der Waals surface area (Å²) in [5.74, 6) is 0. The summed E-state index contributed by atoms with van der Waals surface area (Å²) in [7, 11) is 0. The van der Waals surface area contributed by atoms with Crippen LogP contribution in [0.2, 0.25) is 0 Å². The van der Waals surface area contributed by atoms with Crippen LogP contribution in [-0.2, 0) is 34.0 Å². The first-order valence-electron chi connectivity index (χ1n) is 3.34. The summed E-state index contributed by atoms with van der Waals surface area (Å²) >= 11 is 6.81. The fraction of sp³-hybridized carbons (Fsp3) is 0.500. The quantitative estimate of drug-likeness (QED) is 0.730. The van der Waals surface area contributed by atoms with Gasteiger partial charge in [0.05, 0.1) is 0 Å². The second-order valence-corrected chi connectivity index (χ2v) is 5.83. The van der Waals surface area contributed by atoms with Crippen LogP contribution in [0.25, 0.3) is 0 Å². The Hall–Kier alpha value is 0.999. The van der Waals surface area contributed by atoms with E-state index >= 15 is 0 Å². The molecule has 60 valence electrons. The van der Waals surface area contributed by atoms with Gasteiger partial charge in [0.2, 0.25) is 0 Å². The molecule has 0 saturated heterocycles. The third-order valence-electron chi connectivity index (χ3n) is 0.790. The third-order valence-corrected chi connectivity index (χ3v) is 2.84. The molecule has 0 aliphatic rings. The van der Waals surface area contributed by atoms with Gasteiger partial charge in [-0.15, -0.1) is 0 Å². The van der Waals surface area contributed by atoms with Crippen molar-refractivity contribution >= 4 is 21.2 Å². The van der Waals surface area contributed by atoms with Crippen molar-refractivity contribution in [3.63, 3.8) is 0 Å². The third kappa shape index (κ3) is 7.36. The van der Waals surface area contributed by atoms with Gasteiger partial charge in [0.15, 0.2) is 0 Å². The van der Waals surface area contributed by atoms with Gasteiger partial charge in [-0.3, -0.25) is 0 Å². The van der Waals surface area contributed by atoms with E-state index in [1.165, 1.54) is 4.91 Å². The van der Waals surface area contributed by atoms with Crippen LogP contribution in [0, 0.1) is 0 Å². The molecule has 0 unspecified atom stereocenters. The SMILES string of the molecule is CC(C)(C)S/C([CH]=[V])=C/[CH]=[V]. The zero-order valence-corrected chi connectivity index (χ0v) is 10.6. The van der Waals surface area contributed by atoms with E-state index in [9.17, 15) is 0 Å². The second kappa shape index (κ2) is 5.61. The van der Waals surface area contributed by atoms with E-state index in [0.717, 1.165) is 0 Å².